The van der Waals surface area contributed by atoms with Crippen LogP contribution in [0.15, 0.2) is 18.2 Å². The van der Waals surface area contributed by atoms with Crippen molar-refractivity contribution >= 4 is 12.0 Å². The summed E-state index contributed by atoms with van der Waals surface area (Å²) in [6, 6.07) is 5.34. The van der Waals surface area contributed by atoms with Gasteiger partial charge in [-0.1, -0.05) is 0 Å². The lowest BCUT2D eigenvalue weighted by Gasteiger charge is -2.27. The highest BCUT2D eigenvalue weighted by Crippen LogP contribution is 2.24. The SMILES string of the molecule is COc1ccc(CNC(=O)C(C)(C)NC(=O)OC(C)(C)C)c(OC)c1. The average molecular weight is 352 g/mol. The maximum Gasteiger partial charge on any atom is 0.408 e. The van der Waals surface area contributed by atoms with E-state index >= 15 is 0 Å². The van der Waals surface area contributed by atoms with E-state index in [2.05, 4.69) is 10.6 Å². The van der Waals surface area contributed by atoms with Crippen LogP contribution in [0.1, 0.15) is 40.2 Å². The van der Waals surface area contributed by atoms with Crippen molar-refractivity contribution in [3.05, 3.63) is 23.8 Å². The molecule has 0 bridgehead atoms. The van der Waals surface area contributed by atoms with Crippen molar-refractivity contribution in [2.24, 2.45) is 0 Å². The molecule has 0 unspecified atom stereocenters. The number of nitrogens with one attached hydrogen (secondary N) is 2. The molecule has 140 valence electrons. The van der Waals surface area contributed by atoms with Gasteiger partial charge in [0.15, 0.2) is 0 Å². The molecular formula is C18H28N2O5. The third-order valence-corrected chi connectivity index (χ3v) is 3.31. The van der Waals surface area contributed by atoms with Crippen LogP contribution in [0.2, 0.25) is 0 Å². The topological polar surface area (TPSA) is 85.9 Å². The second-order valence-corrected chi connectivity index (χ2v) is 7.11. The predicted octanol–water partition coefficient (Wildman–Crippen LogP) is 2.62. The van der Waals surface area contributed by atoms with Crippen molar-refractivity contribution in [3.63, 3.8) is 0 Å². The summed E-state index contributed by atoms with van der Waals surface area (Å²) in [5.74, 6) is 0.938. The van der Waals surface area contributed by atoms with Crippen molar-refractivity contribution in [1.82, 2.24) is 10.6 Å². The zero-order valence-corrected chi connectivity index (χ0v) is 16.0. The van der Waals surface area contributed by atoms with Gasteiger partial charge in [0.1, 0.15) is 22.6 Å². The van der Waals surface area contributed by atoms with Gasteiger partial charge in [0.05, 0.1) is 14.2 Å². The number of carbonyl (C=O) groups excluding carboxylic acids is 2. The first-order chi connectivity index (χ1) is 11.5. The molecule has 0 saturated heterocycles. The normalized spacial score (nSPS) is 11.5. The second kappa shape index (κ2) is 8.09. The number of rotatable bonds is 6. The molecule has 0 aliphatic rings. The largest absolute Gasteiger partial charge is 0.497 e. The Kier molecular flexibility index (Phi) is 6.67. The van der Waals surface area contributed by atoms with Gasteiger partial charge in [-0.2, -0.15) is 0 Å². The molecule has 0 heterocycles. The Hall–Kier alpha value is -2.44. The van der Waals surface area contributed by atoms with Crippen LogP contribution in [0.5, 0.6) is 11.5 Å². The minimum atomic E-state index is -1.12. The fourth-order valence-corrected chi connectivity index (χ4v) is 2.01. The van der Waals surface area contributed by atoms with E-state index in [9.17, 15) is 9.59 Å². The molecule has 7 nitrogen and oxygen atoms in total. The summed E-state index contributed by atoms with van der Waals surface area (Å²) in [5.41, 5.74) is -0.959. The molecule has 1 rings (SSSR count). The van der Waals surface area contributed by atoms with Crippen molar-refractivity contribution < 1.29 is 23.8 Å². The van der Waals surface area contributed by atoms with Crippen LogP contribution in [0.25, 0.3) is 0 Å². The van der Waals surface area contributed by atoms with Crippen LogP contribution in [-0.2, 0) is 16.1 Å². The van der Waals surface area contributed by atoms with Crippen molar-refractivity contribution in [2.45, 2.75) is 52.3 Å². The maximum absolute atomic E-state index is 12.4. The monoisotopic (exact) mass is 352 g/mol. The Balaban J connectivity index is 2.70. The number of hydrogen-bond donors (Lipinski definition) is 2. The van der Waals surface area contributed by atoms with Gasteiger partial charge in [-0.15, -0.1) is 0 Å². The van der Waals surface area contributed by atoms with E-state index in [1.54, 1.807) is 61.0 Å². The molecule has 0 fully saturated rings. The molecule has 2 N–H and O–H groups in total. The van der Waals surface area contributed by atoms with E-state index in [1.807, 2.05) is 6.07 Å². The highest BCUT2D eigenvalue weighted by Gasteiger charge is 2.31. The van der Waals surface area contributed by atoms with Gasteiger partial charge in [-0.3, -0.25) is 4.79 Å². The Morgan fingerprint density at radius 3 is 2.20 bits per heavy atom. The third-order valence-electron chi connectivity index (χ3n) is 3.31. The number of alkyl carbamates (subject to hydrolysis) is 1. The van der Waals surface area contributed by atoms with E-state index in [1.165, 1.54) is 0 Å². The zero-order chi connectivity index (χ0) is 19.3. The summed E-state index contributed by atoms with van der Waals surface area (Å²) in [5, 5.41) is 5.36. The van der Waals surface area contributed by atoms with Crippen LogP contribution < -0.4 is 20.1 Å². The van der Waals surface area contributed by atoms with E-state index in [0.717, 1.165) is 5.56 Å². The molecule has 7 heteroatoms. The predicted molar refractivity (Wildman–Crippen MR) is 94.8 cm³/mol. The fourth-order valence-electron chi connectivity index (χ4n) is 2.01. The number of ether oxygens (including phenoxy) is 3. The number of amides is 2. The van der Waals surface area contributed by atoms with Gasteiger partial charge < -0.3 is 24.8 Å². The minimum Gasteiger partial charge on any atom is -0.497 e. The molecule has 1 aromatic rings. The van der Waals surface area contributed by atoms with Crippen molar-refractivity contribution in [2.75, 3.05) is 14.2 Å². The Morgan fingerprint density at radius 2 is 1.68 bits per heavy atom. The van der Waals surface area contributed by atoms with Crippen LogP contribution in [0.4, 0.5) is 4.79 Å². The standard InChI is InChI=1S/C18H28N2O5/c1-17(2,3)25-16(22)20-18(4,5)15(21)19-11-12-8-9-13(23-6)10-14(12)24-7/h8-10H,11H2,1-7H3,(H,19,21)(H,20,22). The summed E-state index contributed by atoms with van der Waals surface area (Å²) < 4.78 is 15.6. The van der Waals surface area contributed by atoms with Crippen LogP contribution in [0.3, 0.4) is 0 Å². The Morgan fingerprint density at radius 1 is 1.04 bits per heavy atom. The molecule has 0 radical (unpaired) electrons. The summed E-state index contributed by atoms with van der Waals surface area (Å²) >= 11 is 0. The lowest BCUT2D eigenvalue weighted by Crippen LogP contribution is -2.55. The Labute approximate surface area is 149 Å². The van der Waals surface area contributed by atoms with Gasteiger partial charge in [-0.25, -0.2) is 4.79 Å². The zero-order valence-electron chi connectivity index (χ0n) is 16.0. The molecule has 0 saturated carbocycles. The van der Waals surface area contributed by atoms with Gasteiger partial charge in [0.25, 0.3) is 0 Å². The summed E-state index contributed by atoms with van der Waals surface area (Å²) in [7, 11) is 3.12. The molecule has 2 amide bonds. The average Bonchev–Trinajstić information content (AvgIpc) is 2.49. The molecule has 0 spiro atoms. The van der Waals surface area contributed by atoms with Crippen LogP contribution in [-0.4, -0.2) is 37.4 Å². The van der Waals surface area contributed by atoms with Gasteiger partial charge in [-0.05, 0) is 46.8 Å². The second-order valence-electron chi connectivity index (χ2n) is 7.11. The first-order valence-corrected chi connectivity index (χ1v) is 7.99. The first-order valence-electron chi connectivity index (χ1n) is 7.99. The molecular weight excluding hydrogens is 324 g/mol. The van der Waals surface area contributed by atoms with Crippen LogP contribution >= 0.6 is 0 Å². The van der Waals surface area contributed by atoms with E-state index in [4.69, 9.17) is 14.2 Å². The van der Waals surface area contributed by atoms with Gasteiger partial charge >= 0.3 is 6.09 Å². The summed E-state index contributed by atoms with van der Waals surface area (Å²) in [4.78, 5) is 24.3. The minimum absolute atomic E-state index is 0.255. The number of hydrogen-bond acceptors (Lipinski definition) is 5. The first kappa shape index (κ1) is 20.6. The highest BCUT2D eigenvalue weighted by atomic mass is 16.6. The van der Waals surface area contributed by atoms with E-state index in [0.29, 0.717) is 11.5 Å². The maximum atomic E-state index is 12.4. The van der Waals surface area contributed by atoms with Crippen LogP contribution in [0, 0.1) is 0 Å². The van der Waals surface area contributed by atoms with Gasteiger partial charge in [0.2, 0.25) is 5.91 Å². The van der Waals surface area contributed by atoms with E-state index < -0.39 is 17.2 Å². The van der Waals surface area contributed by atoms with Crippen molar-refractivity contribution in [1.29, 1.82) is 0 Å². The molecule has 0 aliphatic heterocycles. The lowest BCUT2D eigenvalue weighted by molar-refractivity contribution is -0.126. The van der Waals surface area contributed by atoms with Crippen molar-refractivity contribution in [3.8, 4) is 11.5 Å². The molecule has 25 heavy (non-hydrogen) atoms. The smallest absolute Gasteiger partial charge is 0.408 e. The highest BCUT2D eigenvalue weighted by molar-refractivity contribution is 5.89. The summed E-state index contributed by atoms with van der Waals surface area (Å²) in [6.45, 7) is 8.75. The van der Waals surface area contributed by atoms with Gasteiger partial charge in [0, 0.05) is 18.2 Å². The number of carbonyl (C=O) groups is 2. The molecule has 1 aromatic carbocycles. The van der Waals surface area contributed by atoms with E-state index in [-0.39, 0.29) is 12.5 Å². The number of methoxy groups -OCH3 is 2. The number of benzene rings is 1. The lowest BCUT2D eigenvalue weighted by atomic mass is 10.0. The fraction of sp³-hybridized carbons (Fsp3) is 0.556. The molecule has 0 aromatic heterocycles. The summed E-state index contributed by atoms with van der Waals surface area (Å²) in [6.07, 6.45) is -0.644. The molecule has 0 atom stereocenters. The third kappa shape index (κ3) is 6.52. The Bertz CT molecular complexity index is 620. The quantitative estimate of drug-likeness (QED) is 0.822. The molecule has 0 aliphatic carbocycles.